The van der Waals surface area contributed by atoms with Gasteiger partial charge in [0.1, 0.15) is 5.75 Å². The fourth-order valence-corrected chi connectivity index (χ4v) is 4.35. The number of likely N-dealkylation sites (N-methyl/N-ethyl adjacent to an activating group) is 1. The number of para-hydroxylation sites is 1. The van der Waals surface area contributed by atoms with Crippen LogP contribution in [0.1, 0.15) is 24.0 Å². The van der Waals surface area contributed by atoms with E-state index >= 15 is 0 Å². The van der Waals surface area contributed by atoms with Gasteiger partial charge in [0.05, 0.1) is 18.3 Å². The van der Waals surface area contributed by atoms with Gasteiger partial charge in [-0.3, -0.25) is 9.69 Å². The number of anilines is 1. The van der Waals surface area contributed by atoms with Gasteiger partial charge in [0.2, 0.25) is 5.91 Å². The molecule has 1 amide bonds. The van der Waals surface area contributed by atoms with E-state index in [2.05, 4.69) is 11.0 Å². The van der Waals surface area contributed by atoms with Crippen LogP contribution in [0, 0.1) is 0 Å². The maximum Gasteiger partial charge on any atom is 0.244 e. The molecule has 2 aromatic carbocycles. The van der Waals surface area contributed by atoms with Crippen LogP contribution in [0.4, 0.5) is 5.69 Å². The lowest BCUT2D eigenvalue weighted by atomic mass is 10.1. The molecule has 1 fully saturated rings. The molecule has 142 valence electrons. The molecule has 1 atom stereocenters. The second-order valence-electron chi connectivity index (χ2n) is 7.13. The summed E-state index contributed by atoms with van der Waals surface area (Å²) in [5, 5.41) is 1.34. The third-order valence-corrected chi connectivity index (χ3v) is 6.02. The highest BCUT2D eigenvalue weighted by Gasteiger charge is 2.34. The second-order valence-corrected chi connectivity index (χ2v) is 7.97. The van der Waals surface area contributed by atoms with E-state index in [1.807, 2.05) is 31.3 Å². The molecule has 2 aliphatic rings. The number of hydrogen-bond donors (Lipinski definition) is 0. The molecule has 0 saturated carbocycles. The molecule has 0 radical (unpaired) electrons. The summed E-state index contributed by atoms with van der Waals surface area (Å²) in [6, 6.07) is 11.3. The van der Waals surface area contributed by atoms with Crippen molar-refractivity contribution in [1.82, 2.24) is 4.90 Å². The van der Waals surface area contributed by atoms with Gasteiger partial charge in [0.25, 0.3) is 0 Å². The van der Waals surface area contributed by atoms with Gasteiger partial charge >= 0.3 is 0 Å². The quantitative estimate of drug-likeness (QED) is 0.748. The monoisotopic (exact) mass is 404 g/mol. The first-order valence-corrected chi connectivity index (χ1v) is 10.0. The Morgan fingerprint density at radius 1 is 1.30 bits per heavy atom. The maximum atomic E-state index is 13.3. The smallest absolute Gasteiger partial charge is 0.244 e. The first kappa shape index (κ1) is 18.6. The number of nitrogens with zero attached hydrogens (tertiary/aromatic N) is 2. The largest absolute Gasteiger partial charge is 0.491 e. The molecule has 4 nitrogen and oxygen atoms in total. The fourth-order valence-electron chi connectivity index (χ4n) is 3.98. The summed E-state index contributed by atoms with van der Waals surface area (Å²) in [7, 11) is 1.84. The molecular weight excluding hydrogens is 383 g/mol. The van der Waals surface area contributed by atoms with Crippen molar-refractivity contribution in [2.45, 2.75) is 31.8 Å². The van der Waals surface area contributed by atoms with E-state index in [0.717, 1.165) is 42.8 Å². The van der Waals surface area contributed by atoms with Crippen LogP contribution in [-0.4, -0.2) is 37.0 Å². The molecule has 1 saturated heterocycles. The topological polar surface area (TPSA) is 32.8 Å². The molecule has 4 rings (SSSR count). The summed E-state index contributed by atoms with van der Waals surface area (Å²) >= 11 is 12.4. The number of fused-ring (bicyclic) bond motifs is 1. The third kappa shape index (κ3) is 3.66. The Kier molecular flexibility index (Phi) is 5.31. The Labute approximate surface area is 169 Å². The van der Waals surface area contributed by atoms with Crippen LogP contribution in [0.5, 0.6) is 5.75 Å². The van der Waals surface area contributed by atoms with E-state index in [1.165, 1.54) is 5.56 Å². The Bertz CT molecular complexity index is 871. The molecule has 0 spiro atoms. The van der Waals surface area contributed by atoms with Crippen molar-refractivity contribution in [3.8, 4) is 5.75 Å². The van der Waals surface area contributed by atoms with Crippen molar-refractivity contribution >= 4 is 34.8 Å². The molecule has 0 bridgehead atoms. The van der Waals surface area contributed by atoms with Gasteiger partial charge < -0.3 is 9.64 Å². The van der Waals surface area contributed by atoms with Gasteiger partial charge in [-0.25, -0.2) is 0 Å². The molecule has 0 unspecified atom stereocenters. The predicted octanol–water partition coefficient (Wildman–Crippen LogP) is 4.56. The Balaban J connectivity index is 1.54. The summed E-state index contributed by atoms with van der Waals surface area (Å²) in [6.45, 7) is 2.17. The van der Waals surface area contributed by atoms with Gasteiger partial charge in [0.15, 0.2) is 0 Å². The van der Waals surface area contributed by atoms with Crippen molar-refractivity contribution in [3.05, 3.63) is 57.6 Å². The van der Waals surface area contributed by atoms with E-state index in [-0.39, 0.29) is 11.9 Å². The predicted molar refractivity (Wildman–Crippen MR) is 109 cm³/mol. The lowest BCUT2D eigenvalue weighted by molar-refractivity contribution is -0.122. The number of likely N-dealkylation sites (tertiary alicyclic amines) is 1. The normalized spacial score (nSPS) is 19.0. The number of carbonyl (C=O) groups excluding carboxylic acids is 1. The van der Waals surface area contributed by atoms with Gasteiger partial charge in [-0.1, -0.05) is 35.3 Å². The Morgan fingerprint density at radius 3 is 3.00 bits per heavy atom. The summed E-state index contributed by atoms with van der Waals surface area (Å²) in [5.41, 5.74) is 2.97. The van der Waals surface area contributed by atoms with Crippen LogP contribution < -0.4 is 9.64 Å². The van der Waals surface area contributed by atoms with Crippen molar-refractivity contribution in [2.75, 3.05) is 25.1 Å². The number of hydrogen-bond acceptors (Lipinski definition) is 3. The van der Waals surface area contributed by atoms with Crippen LogP contribution >= 0.6 is 23.2 Å². The van der Waals surface area contributed by atoms with Gasteiger partial charge in [0, 0.05) is 30.1 Å². The van der Waals surface area contributed by atoms with E-state index < -0.39 is 0 Å². The zero-order chi connectivity index (χ0) is 19.0. The van der Waals surface area contributed by atoms with Crippen molar-refractivity contribution in [3.63, 3.8) is 0 Å². The van der Waals surface area contributed by atoms with E-state index in [4.69, 9.17) is 27.9 Å². The molecule has 0 aromatic heterocycles. The maximum absolute atomic E-state index is 13.3. The first-order valence-electron chi connectivity index (χ1n) is 9.25. The zero-order valence-electron chi connectivity index (χ0n) is 15.3. The summed E-state index contributed by atoms with van der Waals surface area (Å²) in [6.07, 6.45) is 2.73. The molecular formula is C21H22Cl2N2O2. The zero-order valence-corrected chi connectivity index (χ0v) is 16.8. The molecule has 6 heteroatoms. The van der Waals surface area contributed by atoms with E-state index in [0.29, 0.717) is 23.2 Å². The standard InChI is InChI=1S/C21H22Cl2N2O2/c1-24(18-5-2-4-14-9-11-27-20(14)18)21(26)19-6-3-10-25(19)13-15-12-16(22)7-8-17(15)23/h2,4-5,7-8,12,19H,3,6,9-11,13H2,1H3/t19-/m0/s1. The number of ether oxygens (including phenoxy) is 1. The average Bonchev–Trinajstić information content (AvgIpc) is 3.32. The van der Waals surface area contributed by atoms with Crippen LogP contribution in [0.25, 0.3) is 0 Å². The van der Waals surface area contributed by atoms with Crippen molar-refractivity contribution in [2.24, 2.45) is 0 Å². The van der Waals surface area contributed by atoms with Gasteiger partial charge in [-0.15, -0.1) is 0 Å². The van der Waals surface area contributed by atoms with Crippen molar-refractivity contribution in [1.29, 1.82) is 0 Å². The highest BCUT2D eigenvalue weighted by molar-refractivity contribution is 6.33. The minimum Gasteiger partial charge on any atom is -0.491 e. The lowest BCUT2D eigenvalue weighted by Crippen LogP contribution is -2.44. The summed E-state index contributed by atoms with van der Waals surface area (Å²) < 4.78 is 5.78. The lowest BCUT2D eigenvalue weighted by Gasteiger charge is -2.29. The minimum absolute atomic E-state index is 0.0922. The summed E-state index contributed by atoms with van der Waals surface area (Å²) in [5.74, 6) is 0.935. The number of benzene rings is 2. The Morgan fingerprint density at radius 2 is 2.15 bits per heavy atom. The number of rotatable bonds is 4. The van der Waals surface area contributed by atoms with Crippen LogP contribution in [0.2, 0.25) is 10.0 Å². The van der Waals surface area contributed by atoms with Gasteiger partial charge in [-0.05, 0) is 54.8 Å². The van der Waals surface area contributed by atoms with Crippen LogP contribution in [0.15, 0.2) is 36.4 Å². The Hall–Kier alpha value is -1.75. The highest BCUT2D eigenvalue weighted by atomic mass is 35.5. The molecule has 27 heavy (non-hydrogen) atoms. The number of carbonyl (C=O) groups is 1. The van der Waals surface area contributed by atoms with Crippen LogP contribution in [0.3, 0.4) is 0 Å². The fraction of sp³-hybridized carbons (Fsp3) is 0.381. The third-order valence-electron chi connectivity index (χ3n) is 5.42. The number of amides is 1. The van der Waals surface area contributed by atoms with Crippen molar-refractivity contribution < 1.29 is 9.53 Å². The molecule has 2 aromatic rings. The first-order chi connectivity index (χ1) is 13.0. The molecule has 0 N–H and O–H groups in total. The summed E-state index contributed by atoms with van der Waals surface area (Å²) in [4.78, 5) is 17.2. The SMILES string of the molecule is CN(C(=O)[C@@H]1CCCN1Cc1cc(Cl)ccc1Cl)c1cccc2c1OCC2. The minimum atomic E-state index is -0.165. The average molecular weight is 405 g/mol. The molecule has 2 aliphatic heterocycles. The molecule has 2 heterocycles. The van der Waals surface area contributed by atoms with E-state index in [1.54, 1.807) is 11.0 Å². The number of halogens is 2. The second kappa shape index (κ2) is 7.70. The van der Waals surface area contributed by atoms with Crippen LogP contribution in [-0.2, 0) is 17.8 Å². The van der Waals surface area contributed by atoms with Gasteiger partial charge in [-0.2, -0.15) is 0 Å². The van der Waals surface area contributed by atoms with E-state index in [9.17, 15) is 4.79 Å². The highest BCUT2D eigenvalue weighted by Crippen LogP contribution is 2.36. The molecule has 0 aliphatic carbocycles.